The molecule has 1 aromatic carbocycles. The van der Waals surface area contributed by atoms with Gasteiger partial charge in [0.2, 0.25) is 11.8 Å². The number of hydrogen-bond donors (Lipinski definition) is 2. The third-order valence-corrected chi connectivity index (χ3v) is 5.27. The predicted octanol–water partition coefficient (Wildman–Crippen LogP) is -0.252. The number of carbonyl (C=O) groups is 3. The van der Waals surface area contributed by atoms with E-state index in [-0.39, 0.29) is 42.6 Å². The van der Waals surface area contributed by atoms with Gasteiger partial charge in [-0.25, -0.2) is 0 Å². The van der Waals surface area contributed by atoms with Gasteiger partial charge in [0.1, 0.15) is 0 Å². The van der Waals surface area contributed by atoms with Crippen molar-refractivity contribution in [1.82, 2.24) is 4.90 Å². The average molecular weight is 351 g/mol. The molecule has 1 aromatic rings. The zero-order valence-corrected chi connectivity index (χ0v) is 14.1. The Morgan fingerprint density at radius 2 is 1.83 bits per heavy atom. The fourth-order valence-electron chi connectivity index (χ4n) is 3.56. The molecule has 2 fully saturated rings. The second-order valence-electron chi connectivity index (χ2n) is 6.54. The molecule has 1 unspecified atom stereocenters. The van der Waals surface area contributed by atoms with Crippen LogP contribution in [0.4, 0.5) is 0 Å². The van der Waals surface area contributed by atoms with Crippen LogP contribution in [0.1, 0.15) is 24.8 Å². The van der Waals surface area contributed by atoms with E-state index in [2.05, 4.69) is 0 Å². The van der Waals surface area contributed by atoms with Crippen molar-refractivity contribution in [2.24, 2.45) is 11.7 Å². The second-order valence-corrected chi connectivity index (χ2v) is 6.97. The number of nitrogens with two attached hydrogens (primary N) is 1. The summed E-state index contributed by atoms with van der Waals surface area (Å²) in [6.45, 7) is 1.68. The zero-order chi connectivity index (χ0) is 17.3. The maximum atomic E-state index is 12.7. The summed E-state index contributed by atoms with van der Waals surface area (Å²) in [5.41, 5.74) is 6.23. The zero-order valence-electron chi connectivity index (χ0n) is 13.3. The van der Waals surface area contributed by atoms with Gasteiger partial charge >= 0.3 is 0 Å². The van der Waals surface area contributed by atoms with Crippen molar-refractivity contribution >= 4 is 29.3 Å². The molecule has 7 heteroatoms. The van der Waals surface area contributed by atoms with Crippen molar-refractivity contribution in [2.75, 3.05) is 13.1 Å². The summed E-state index contributed by atoms with van der Waals surface area (Å²) in [5, 5.41) is 0.623. The molecule has 3 N–H and O–H groups in total. The monoisotopic (exact) mass is 350 g/mol. The largest absolute Gasteiger partial charge is 0.369 e. The number of imide groups is 1. The van der Waals surface area contributed by atoms with Gasteiger partial charge in [-0.1, -0.05) is 23.7 Å². The molecule has 2 aliphatic rings. The lowest BCUT2D eigenvalue weighted by Gasteiger charge is -2.30. The van der Waals surface area contributed by atoms with Gasteiger partial charge in [-0.3, -0.25) is 19.3 Å². The molecule has 0 aliphatic carbocycles. The van der Waals surface area contributed by atoms with Gasteiger partial charge in [0, 0.05) is 23.8 Å². The fourth-order valence-corrected chi connectivity index (χ4v) is 3.69. The van der Waals surface area contributed by atoms with Crippen molar-refractivity contribution in [1.29, 1.82) is 0 Å². The van der Waals surface area contributed by atoms with E-state index in [1.54, 1.807) is 12.1 Å². The van der Waals surface area contributed by atoms with E-state index in [0.29, 0.717) is 31.0 Å². The van der Waals surface area contributed by atoms with Gasteiger partial charge in [0.15, 0.2) is 6.04 Å². The quantitative estimate of drug-likeness (QED) is 0.734. The first-order valence-electron chi connectivity index (χ1n) is 8.18. The Kier molecular flexibility index (Phi) is 4.87. The molecule has 3 amide bonds. The number of carbonyl (C=O) groups excluding carboxylic acids is 3. The van der Waals surface area contributed by atoms with Crippen LogP contribution in [0.3, 0.4) is 0 Å². The molecule has 3 rings (SSSR count). The topological polar surface area (TPSA) is 84.9 Å². The molecule has 0 bridgehead atoms. The Balaban J connectivity index is 1.64. The molecule has 0 spiro atoms. The van der Waals surface area contributed by atoms with Crippen molar-refractivity contribution < 1.29 is 19.3 Å². The maximum Gasteiger partial charge on any atom is 0.288 e. The smallest absolute Gasteiger partial charge is 0.288 e. The van der Waals surface area contributed by atoms with Gasteiger partial charge in [0.25, 0.3) is 5.91 Å². The molecule has 2 saturated heterocycles. The molecule has 6 nitrogen and oxygen atoms in total. The highest BCUT2D eigenvalue weighted by molar-refractivity contribution is 6.30. The highest BCUT2D eigenvalue weighted by atomic mass is 35.5. The number of primary amides is 1. The standard InChI is InChI=1S/C17H20ClN3O3/c18-13-3-1-11(2-4-13)10-21-15(22)9-14(17(21)24)20-7-5-12(6-8-20)16(19)23/h1-4,12,14H,5-10H2,(H2,19,23)/p+1. The summed E-state index contributed by atoms with van der Waals surface area (Å²) < 4.78 is 0. The number of hydrogen-bond acceptors (Lipinski definition) is 3. The van der Waals surface area contributed by atoms with Gasteiger partial charge in [-0.2, -0.15) is 0 Å². The van der Waals surface area contributed by atoms with Crippen LogP contribution in [0.25, 0.3) is 0 Å². The third kappa shape index (κ3) is 3.44. The van der Waals surface area contributed by atoms with Crippen LogP contribution in [-0.4, -0.2) is 41.8 Å². The Hall–Kier alpha value is -1.92. The molecule has 128 valence electrons. The van der Waals surface area contributed by atoms with Crippen LogP contribution in [-0.2, 0) is 20.9 Å². The molecule has 0 saturated carbocycles. The summed E-state index contributed by atoms with van der Waals surface area (Å²) >= 11 is 5.86. The highest BCUT2D eigenvalue weighted by Crippen LogP contribution is 2.18. The molecular formula is C17H21ClN3O3+. The number of nitrogens with one attached hydrogen (secondary N) is 1. The van der Waals surface area contributed by atoms with E-state index in [1.807, 2.05) is 12.1 Å². The SMILES string of the molecule is NC(=O)C1CC[NH+](C2CC(=O)N(Cc3ccc(Cl)cc3)C2=O)CC1. The first-order valence-corrected chi connectivity index (χ1v) is 8.56. The molecule has 0 radical (unpaired) electrons. The Bertz CT molecular complexity index is 654. The number of amides is 3. The first kappa shape index (κ1) is 16.9. The van der Waals surface area contributed by atoms with Crippen LogP contribution < -0.4 is 10.6 Å². The van der Waals surface area contributed by atoms with Crippen molar-refractivity contribution in [2.45, 2.75) is 31.8 Å². The molecule has 24 heavy (non-hydrogen) atoms. The summed E-state index contributed by atoms with van der Waals surface area (Å²) in [6.07, 6.45) is 1.60. The fraction of sp³-hybridized carbons (Fsp3) is 0.471. The van der Waals surface area contributed by atoms with Crippen molar-refractivity contribution in [3.05, 3.63) is 34.9 Å². The Labute approximate surface area is 145 Å². The first-order chi connectivity index (χ1) is 11.5. The maximum absolute atomic E-state index is 12.7. The summed E-state index contributed by atoms with van der Waals surface area (Å²) in [6, 6.07) is 6.81. The summed E-state index contributed by atoms with van der Waals surface area (Å²) in [7, 11) is 0. The Morgan fingerprint density at radius 3 is 2.42 bits per heavy atom. The van der Waals surface area contributed by atoms with Crippen molar-refractivity contribution in [3.63, 3.8) is 0 Å². The molecule has 1 atom stereocenters. The number of quaternary nitrogens is 1. The second kappa shape index (κ2) is 6.91. The Morgan fingerprint density at radius 1 is 1.21 bits per heavy atom. The minimum Gasteiger partial charge on any atom is -0.369 e. The van der Waals surface area contributed by atoms with Gasteiger partial charge < -0.3 is 10.6 Å². The lowest BCUT2D eigenvalue weighted by atomic mass is 9.95. The predicted molar refractivity (Wildman–Crippen MR) is 88.0 cm³/mol. The average Bonchev–Trinajstić information content (AvgIpc) is 2.85. The number of likely N-dealkylation sites (tertiary alicyclic amines) is 2. The number of halogens is 1. The minimum atomic E-state index is -0.335. The van der Waals surface area contributed by atoms with Crippen LogP contribution in [0.5, 0.6) is 0 Å². The van der Waals surface area contributed by atoms with Crippen LogP contribution in [0.2, 0.25) is 5.02 Å². The number of nitrogens with zero attached hydrogens (tertiary/aromatic N) is 1. The van der Waals surface area contributed by atoms with Crippen molar-refractivity contribution in [3.8, 4) is 0 Å². The van der Waals surface area contributed by atoms with Gasteiger partial charge in [-0.15, -0.1) is 0 Å². The minimum absolute atomic E-state index is 0.105. The van der Waals surface area contributed by atoms with E-state index in [4.69, 9.17) is 17.3 Å². The number of piperidine rings is 1. The van der Waals surface area contributed by atoms with E-state index < -0.39 is 0 Å². The summed E-state index contributed by atoms with van der Waals surface area (Å²) in [4.78, 5) is 38.6. The van der Waals surface area contributed by atoms with Crippen LogP contribution in [0.15, 0.2) is 24.3 Å². The summed E-state index contributed by atoms with van der Waals surface area (Å²) in [5.74, 6) is -0.634. The van der Waals surface area contributed by atoms with Gasteiger partial charge in [0.05, 0.1) is 26.1 Å². The highest BCUT2D eigenvalue weighted by Gasteiger charge is 2.46. The van der Waals surface area contributed by atoms with Crippen LogP contribution >= 0.6 is 11.6 Å². The molecule has 0 aromatic heterocycles. The van der Waals surface area contributed by atoms with E-state index >= 15 is 0 Å². The lowest BCUT2D eigenvalue weighted by Crippen LogP contribution is -3.17. The third-order valence-electron chi connectivity index (χ3n) is 5.02. The van der Waals surface area contributed by atoms with Crippen LogP contribution in [0, 0.1) is 5.92 Å². The lowest BCUT2D eigenvalue weighted by molar-refractivity contribution is -0.920. The molecule has 2 aliphatic heterocycles. The van der Waals surface area contributed by atoms with Gasteiger partial charge in [-0.05, 0) is 17.7 Å². The normalized spacial score (nSPS) is 27.5. The number of rotatable bonds is 4. The number of benzene rings is 1. The van der Waals surface area contributed by atoms with E-state index in [1.165, 1.54) is 4.90 Å². The van der Waals surface area contributed by atoms with E-state index in [0.717, 1.165) is 10.5 Å². The molecular weight excluding hydrogens is 330 g/mol. The van der Waals surface area contributed by atoms with E-state index in [9.17, 15) is 14.4 Å². The molecule has 2 heterocycles.